The van der Waals surface area contributed by atoms with Crippen molar-refractivity contribution in [3.8, 4) is 5.75 Å². The Bertz CT molecular complexity index is 544. The van der Waals surface area contributed by atoms with Gasteiger partial charge in [0.2, 0.25) is 0 Å². The Morgan fingerprint density at radius 3 is 2.38 bits per heavy atom. The largest absolute Gasteiger partial charge is 0.490 e. The van der Waals surface area contributed by atoms with Gasteiger partial charge in [0.15, 0.2) is 0 Å². The molecule has 0 aliphatic carbocycles. The van der Waals surface area contributed by atoms with Crippen LogP contribution in [0.2, 0.25) is 0 Å². The first kappa shape index (κ1) is 19.5. The molecule has 1 aromatic rings. The predicted molar refractivity (Wildman–Crippen MR) is 110 cm³/mol. The Hall–Kier alpha value is -1.26. The highest BCUT2D eigenvalue weighted by molar-refractivity contribution is 5.59. The second-order valence-corrected chi connectivity index (χ2v) is 8.31. The summed E-state index contributed by atoms with van der Waals surface area (Å²) in [5.41, 5.74) is 2.73. The molecule has 0 spiro atoms. The third-order valence-electron chi connectivity index (χ3n) is 5.70. The number of anilines is 1. The van der Waals surface area contributed by atoms with Crippen LogP contribution in [0.1, 0.15) is 57.9 Å². The quantitative estimate of drug-likeness (QED) is 0.830. The van der Waals surface area contributed by atoms with E-state index in [1.807, 2.05) is 0 Å². The highest BCUT2D eigenvalue weighted by atomic mass is 16.5. The van der Waals surface area contributed by atoms with E-state index in [0.29, 0.717) is 12.1 Å². The zero-order chi connectivity index (χ0) is 18.4. The Morgan fingerprint density at radius 2 is 1.73 bits per heavy atom. The first-order chi connectivity index (χ1) is 12.6. The summed E-state index contributed by atoms with van der Waals surface area (Å²) >= 11 is 0. The maximum Gasteiger partial charge on any atom is 0.126 e. The van der Waals surface area contributed by atoms with Crippen LogP contribution in [0.5, 0.6) is 5.75 Å². The first-order valence-corrected chi connectivity index (χ1v) is 10.6. The van der Waals surface area contributed by atoms with Gasteiger partial charge in [-0.3, -0.25) is 0 Å². The smallest absolute Gasteiger partial charge is 0.126 e. The standard InChI is InChI=1S/C22H37N3O/c1-18(2)23-17-20-21(25-13-6-4-5-7-14-25)9-8-10-22(20)26-19-11-15-24(3)16-12-19/h8-10,18-19,23H,4-7,11-17H2,1-3H3. The number of rotatable bonds is 6. The van der Waals surface area contributed by atoms with Crippen LogP contribution in [0.15, 0.2) is 18.2 Å². The van der Waals surface area contributed by atoms with Gasteiger partial charge in [-0.05, 0) is 44.9 Å². The number of nitrogens with one attached hydrogen (secondary N) is 1. The number of benzene rings is 1. The maximum absolute atomic E-state index is 6.54. The second kappa shape index (κ2) is 9.61. The van der Waals surface area contributed by atoms with Crippen molar-refractivity contribution in [2.75, 3.05) is 38.1 Å². The van der Waals surface area contributed by atoms with Crippen LogP contribution >= 0.6 is 0 Å². The van der Waals surface area contributed by atoms with Gasteiger partial charge >= 0.3 is 0 Å². The van der Waals surface area contributed by atoms with Crippen molar-refractivity contribution in [2.24, 2.45) is 0 Å². The molecule has 1 aromatic carbocycles. The normalized spacial score (nSPS) is 20.4. The molecule has 2 heterocycles. The number of hydrogen-bond acceptors (Lipinski definition) is 4. The lowest BCUT2D eigenvalue weighted by Gasteiger charge is -2.32. The molecule has 4 nitrogen and oxygen atoms in total. The second-order valence-electron chi connectivity index (χ2n) is 8.31. The van der Waals surface area contributed by atoms with Crippen LogP contribution in [0.25, 0.3) is 0 Å². The number of likely N-dealkylation sites (tertiary alicyclic amines) is 1. The zero-order valence-corrected chi connectivity index (χ0v) is 17.0. The molecular formula is C22H37N3O. The van der Waals surface area contributed by atoms with E-state index in [-0.39, 0.29) is 0 Å². The first-order valence-electron chi connectivity index (χ1n) is 10.6. The molecule has 0 unspecified atom stereocenters. The van der Waals surface area contributed by atoms with Crippen LogP contribution in [-0.4, -0.2) is 50.3 Å². The molecule has 0 amide bonds. The van der Waals surface area contributed by atoms with Gasteiger partial charge in [0.05, 0.1) is 0 Å². The zero-order valence-electron chi connectivity index (χ0n) is 17.0. The van der Waals surface area contributed by atoms with Gasteiger partial charge in [0, 0.05) is 50.0 Å². The van der Waals surface area contributed by atoms with Crippen molar-refractivity contribution in [1.82, 2.24) is 10.2 Å². The molecule has 1 N–H and O–H groups in total. The summed E-state index contributed by atoms with van der Waals surface area (Å²) in [4.78, 5) is 4.99. The molecule has 2 saturated heterocycles. The van der Waals surface area contributed by atoms with Crippen LogP contribution in [0.4, 0.5) is 5.69 Å². The number of hydrogen-bond donors (Lipinski definition) is 1. The van der Waals surface area contributed by atoms with Crippen molar-refractivity contribution in [1.29, 1.82) is 0 Å². The fourth-order valence-corrected chi connectivity index (χ4v) is 4.04. The molecule has 3 rings (SSSR count). The van der Waals surface area contributed by atoms with Gasteiger partial charge in [0.25, 0.3) is 0 Å². The van der Waals surface area contributed by atoms with E-state index in [4.69, 9.17) is 4.74 Å². The minimum atomic E-state index is 0.350. The van der Waals surface area contributed by atoms with E-state index in [9.17, 15) is 0 Å². The van der Waals surface area contributed by atoms with Crippen molar-refractivity contribution < 1.29 is 4.74 Å². The van der Waals surface area contributed by atoms with Crippen molar-refractivity contribution in [3.05, 3.63) is 23.8 Å². The number of nitrogens with zero attached hydrogens (tertiary/aromatic N) is 2. The summed E-state index contributed by atoms with van der Waals surface area (Å²) < 4.78 is 6.54. The average Bonchev–Trinajstić information content (AvgIpc) is 2.91. The van der Waals surface area contributed by atoms with E-state index in [2.05, 4.69) is 54.2 Å². The highest BCUT2D eigenvalue weighted by Gasteiger charge is 2.22. The van der Waals surface area contributed by atoms with Crippen LogP contribution in [-0.2, 0) is 6.54 Å². The monoisotopic (exact) mass is 359 g/mol. The van der Waals surface area contributed by atoms with E-state index >= 15 is 0 Å². The maximum atomic E-state index is 6.54. The van der Waals surface area contributed by atoms with Crippen LogP contribution in [0.3, 0.4) is 0 Å². The van der Waals surface area contributed by atoms with Gasteiger partial charge in [-0.25, -0.2) is 0 Å². The summed E-state index contributed by atoms with van der Waals surface area (Å²) in [6, 6.07) is 7.13. The van der Waals surface area contributed by atoms with Gasteiger partial charge in [-0.2, -0.15) is 0 Å². The van der Waals surface area contributed by atoms with Crippen LogP contribution < -0.4 is 15.0 Å². The molecule has 4 heteroatoms. The third-order valence-corrected chi connectivity index (χ3v) is 5.70. The Morgan fingerprint density at radius 1 is 1.04 bits per heavy atom. The fraction of sp³-hybridized carbons (Fsp3) is 0.727. The summed E-state index contributed by atoms with van der Waals surface area (Å²) in [5, 5.41) is 3.63. The molecule has 0 aromatic heterocycles. The topological polar surface area (TPSA) is 27.7 Å². The molecule has 2 aliphatic rings. The van der Waals surface area contributed by atoms with Gasteiger partial charge < -0.3 is 19.9 Å². The summed E-state index contributed by atoms with van der Waals surface area (Å²) in [6.07, 6.45) is 7.93. The minimum absolute atomic E-state index is 0.350. The SMILES string of the molecule is CC(C)NCc1c(OC2CCN(C)CC2)cccc1N1CCCCCC1. The minimum Gasteiger partial charge on any atom is -0.490 e. The lowest BCUT2D eigenvalue weighted by molar-refractivity contribution is 0.113. The van der Waals surface area contributed by atoms with Crippen molar-refractivity contribution in [2.45, 2.75) is 71.1 Å². The molecule has 146 valence electrons. The number of piperidine rings is 1. The molecule has 2 aliphatic heterocycles. The lowest BCUT2D eigenvalue weighted by atomic mass is 10.1. The molecule has 2 fully saturated rings. The predicted octanol–water partition coefficient (Wildman–Crippen LogP) is 4.04. The number of ether oxygens (including phenoxy) is 1. The van der Waals surface area contributed by atoms with E-state index < -0.39 is 0 Å². The van der Waals surface area contributed by atoms with Crippen LogP contribution in [0, 0.1) is 0 Å². The Kier molecular flexibility index (Phi) is 7.21. The molecule has 26 heavy (non-hydrogen) atoms. The molecule has 0 atom stereocenters. The molecule has 0 bridgehead atoms. The fourth-order valence-electron chi connectivity index (χ4n) is 4.04. The Labute approximate surface area is 159 Å². The lowest BCUT2D eigenvalue weighted by Crippen LogP contribution is -2.36. The third kappa shape index (κ3) is 5.37. The molecule has 0 saturated carbocycles. The average molecular weight is 360 g/mol. The van der Waals surface area contributed by atoms with E-state index in [1.54, 1.807) is 0 Å². The van der Waals surface area contributed by atoms with Gasteiger partial charge in [-0.15, -0.1) is 0 Å². The van der Waals surface area contributed by atoms with Crippen molar-refractivity contribution >= 4 is 5.69 Å². The summed E-state index contributed by atoms with van der Waals surface area (Å²) in [7, 11) is 2.20. The highest BCUT2D eigenvalue weighted by Crippen LogP contribution is 2.33. The van der Waals surface area contributed by atoms with Gasteiger partial charge in [-0.1, -0.05) is 32.8 Å². The van der Waals surface area contributed by atoms with E-state index in [0.717, 1.165) is 38.2 Å². The molecular weight excluding hydrogens is 322 g/mol. The van der Waals surface area contributed by atoms with Crippen molar-refractivity contribution in [3.63, 3.8) is 0 Å². The van der Waals surface area contributed by atoms with E-state index in [1.165, 1.54) is 50.0 Å². The summed E-state index contributed by atoms with van der Waals surface area (Å²) in [5.74, 6) is 1.09. The molecule has 0 radical (unpaired) electrons. The van der Waals surface area contributed by atoms with Gasteiger partial charge in [0.1, 0.15) is 11.9 Å². The Balaban J connectivity index is 1.80. The summed E-state index contributed by atoms with van der Waals surface area (Å²) in [6.45, 7) is 9.93.